The van der Waals surface area contributed by atoms with Crippen molar-refractivity contribution in [3.63, 3.8) is 0 Å². The van der Waals surface area contributed by atoms with E-state index in [1.807, 2.05) is 13.0 Å². The number of carbonyl (C=O) groups excluding carboxylic acids is 1. The van der Waals surface area contributed by atoms with Crippen LogP contribution in [0.1, 0.15) is 30.9 Å². The standard InChI is InChI=1S/C25H22FNO6/c1-3-4-20(24(29)30)27-23(28)10-17-13(2)16-9-18-19(14-5-7-15(26)8-6-14)12-32-21(18)11-22(16)33-25(17)31/h5-9,11-12,20H,3-4,10H2,1-2H3,(H,27,28)(H,29,30)/t20-/m0/s1. The van der Waals surface area contributed by atoms with Gasteiger partial charge in [0.1, 0.15) is 23.0 Å². The lowest BCUT2D eigenvalue weighted by Crippen LogP contribution is -2.41. The monoisotopic (exact) mass is 451 g/mol. The van der Waals surface area contributed by atoms with Gasteiger partial charge >= 0.3 is 11.6 Å². The molecular weight excluding hydrogens is 429 g/mol. The van der Waals surface area contributed by atoms with Gasteiger partial charge in [-0.25, -0.2) is 14.0 Å². The first-order valence-electron chi connectivity index (χ1n) is 10.5. The Labute approximate surface area is 187 Å². The number of halogens is 1. The lowest BCUT2D eigenvalue weighted by atomic mass is 9.99. The lowest BCUT2D eigenvalue weighted by molar-refractivity contribution is -0.141. The van der Waals surface area contributed by atoms with Gasteiger partial charge in [0, 0.05) is 22.4 Å². The van der Waals surface area contributed by atoms with E-state index in [-0.39, 0.29) is 24.2 Å². The summed E-state index contributed by atoms with van der Waals surface area (Å²) < 4.78 is 24.4. The van der Waals surface area contributed by atoms with Crippen molar-refractivity contribution >= 4 is 33.8 Å². The second-order valence-corrected chi connectivity index (χ2v) is 7.92. The largest absolute Gasteiger partial charge is 0.480 e. The van der Waals surface area contributed by atoms with Crippen molar-refractivity contribution in [3.8, 4) is 11.1 Å². The Kier molecular flexibility index (Phi) is 6.00. The van der Waals surface area contributed by atoms with Gasteiger partial charge < -0.3 is 19.3 Å². The molecule has 8 heteroatoms. The third-order valence-electron chi connectivity index (χ3n) is 5.68. The molecule has 0 aliphatic rings. The summed E-state index contributed by atoms with van der Waals surface area (Å²) in [6.07, 6.45) is 2.13. The van der Waals surface area contributed by atoms with Gasteiger partial charge in [0.25, 0.3) is 0 Å². The number of fused-ring (bicyclic) bond motifs is 2. The number of hydrogen-bond donors (Lipinski definition) is 2. The van der Waals surface area contributed by atoms with Crippen LogP contribution in [0.4, 0.5) is 4.39 Å². The first kappa shape index (κ1) is 22.3. The molecule has 1 atom stereocenters. The smallest absolute Gasteiger partial charge is 0.340 e. The van der Waals surface area contributed by atoms with Crippen LogP contribution in [0.5, 0.6) is 0 Å². The van der Waals surface area contributed by atoms with Crippen molar-refractivity contribution in [2.75, 3.05) is 0 Å². The van der Waals surface area contributed by atoms with Crippen LogP contribution in [0.15, 0.2) is 56.3 Å². The van der Waals surface area contributed by atoms with Crippen LogP contribution in [-0.2, 0) is 16.0 Å². The highest BCUT2D eigenvalue weighted by atomic mass is 19.1. The summed E-state index contributed by atoms with van der Waals surface area (Å²) in [5, 5.41) is 13.1. The van der Waals surface area contributed by atoms with Crippen molar-refractivity contribution in [2.24, 2.45) is 0 Å². The minimum atomic E-state index is -1.12. The van der Waals surface area contributed by atoms with Gasteiger partial charge in [-0.05, 0) is 42.7 Å². The Morgan fingerprint density at radius 2 is 1.85 bits per heavy atom. The first-order valence-corrected chi connectivity index (χ1v) is 10.5. The number of benzene rings is 2. The molecule has 4 aromatic rings. The molecule has 2 N–H and O–H groups in total. The number of aliphatic carboxylic acids is 1. The topological polar surface area (TPSA) is 110 Å². The van der Waals surface area contributed by atoms with Gasteiger partial charge in [0.15, 0.2) is 0 Å². The van der Waals surface area contributed by atoms with Crippen LogP contribution in [0.25, 0.3) is 33.1 Å². The summed E-state index contributed by atoms with van der Waals surface area (Å²) in [4.78, 5) is 36.4. The summed E-state index contributed by atoms with van der Waals surface area (Å²) in [5.41, 5.74) is 2.38. The van der Waals surface area contributed by atoms with E-state index < -0.39 is 23.5 Å². The molecule has 0 saturated carbocycles. The molecule has 0 unspecified atom stereocenters. The molecule has 0 aliphatic carbocycles. The van der Waals surface area contributed by atoms with E-state index in [9.17, 15) is 23.9 Å². The van der Waals surface area contributed by atoms with Crippen LogP contribution in [0.3, 0.4) is 0 Å². The van der Waals surface area contributed by atoms with Gasteiger partial charge in [-0.3, -0.25) is 4.79 Å². The zero-order valence-electron chi connectivity index (χ0n) is 18.1. The number of nitrogens with one attached hydrogen (secondary N) is 1. The quantitative estimate of drug-likeness (QED) is 0.399. The van der Waals surface area contributed by atoms with Crippen molar-refractivity contribution in [1.82, 2.24) is 5.32 Å². The summed E-state index contributed by atoms with van der Waals surface area (Å²) in [6.45, 7) is 3.53. The van der Waals surface area contributed by atoms with Gasteiger partial charge in [-0.2, -0.15) is 0 Å². The third kappa shape index (κ3) is 4.37. The number of hydrogen-bond acceptors (Lipinski definition) is 5. The second-order valence-electron chi connectivity index (χ2n) is 7.92. The van der Waals surface area contributed by atoms with Crippen LogP contribution >= 0.6 is 0 Å². The molecule has 0 aliphatic heterocycles. The van der Waals surface area contributed by atoms with Crippen molar-refractivity contribution in [2.45, 2.75) is 39.2 Å². The molecule has 0 spiro atoms. The Morgan fingerprint density at radius 3 is 2.52 bits per heavy atom. The van der Waals surface area contributed by atoms with E-state index in [4.69, 9.17) is 8.83 Å². The Morgan fingerprint density at radius 1 is 1.12 bits per heavy atom. The predicted molar refractivity (Wildman–Crippen MR) is 121 cm³/mol. The third-order valence-corrected chi connectivity index (χ3v) is 5.68. The molecule has 2 heterocycles. The number of carboxylic acid groups (broad SMARTS) is 1. The molecular formula is C25H22FNO6. The zero-order chi connectivity index (χ0) is 23.7. The molecule has 170 valence electrons. The van der Waals surface area contributed by atoms with E-state index >= 15 is 0 Å². The lowest BCUT2D eigenvalue weighted by Gasteiger charge is -2.14. The molecule has 0 fully saturated rings. The maximum absolute atomic E-state index is 13.3. The zero-order valence-corrected chi connectivity index (χ0v) is 18.1. The average molecular weight is 451 g/mol. The number of aryl methyl sites for hydroxylation is 1. The fraction of sp³-hybridized carbons (Fsp3) is 0.240. The Bertz CT molecular complexity index is 1420. The van der Waals surface area contributed by atoms with Crippen LogP contribution in [0.2, 0.25) is 0 Å². The second kappa shape index (κ2) is 8.90. The number of carboxylic acids is 1. The highest BCUT2D eigenvalue weighted by Crippen LogP contribution is 2.34. The van der Waals surface area contributed by atoms with Gasteiger partial charge in [-0.15, -0.1) is 0 Å². The Balaban J connectivity index is 1.74. The van der Waals surface area contributed by atoms with E-state index in [0.29, 0.717) is 28.5 Å². The summed E-state index contributed by atoms with van der Waals surface area (Å²) >= 11 is 0. The highest BCUT2D eigenvalue weighted by Gasteiger charge is 2.22. The summed E-state index contributed by atoms with van der Waals surface area (Å²) in [5.74, 6) is -2.04. The van der Waals surface area contributed by atoms with Crippen LogP contribution in [-0.4, -0.2) is 23.0 Å². The Hall–Kier alpha value is -3.94. The fourth-order valence-electron chi connectivity index (χ4n) is 3.92. The molecule has 0 bridgehead atoms. The van der Waals surface area contributed by atoms with Gasteiger partial charge in [0.05, 0.1) is 18.2 Å². The van der Waals surface area contributed by atoms with Crippen molar-refractivity contribution in [3.05, 3.63) is 70.0 Å². The summed E-state index contributed by atoms with van der Waals surface area (Å²) in [6, 6.07) is 8.41. The average Bonchev–Trinajstić information content (AvgIpc) is 3.18. The van der Waals surface area contributed by atoms with E-state index in [1.54, 1.807) is 31.4 Å². The normalized spacial score (nSPS) is 12.2. The summed E-state index contributed by atoms with van der Waals surface area (Å²) in [7, 11) is 0. The molecule has 0 saturated heterocycles. The molecule has 33 heavy (non-hydrogen) atoms. The van der Waals surface area contributed by atoms with Crippen molar-refractivity contribution < 1.29 is 27.9 Å². The number of furan rings is 1. The minimum absolute atomic E-state index is 0.159. The molecule has 2 aromatic heterocycles. The van der Waals surface area contributed by atoms with Crippen LogP contribution < -0.4 is 10.9 Å². The van der Waals surface area contributed by atoms with Gasteiger partial charge in [-0.1, -0.05) is 25.5 Å². The molecule has 2 aromatic carbocycles. The van der Waals surface area contributed by atoms with E-state index in [0.717, 1.165) is 16.5 Å². The number of amides is 1. The predicted octanol–water partition coefficient (Wildman–Crippen LogP) is 4.57. The SMILES string of the molecule is CCC[C@H](NC(=O)Cc1c(C)c2cc3c(-c4ccc(F)cc4)coc3cc2oc1=O)C(=O)O. The van der Waals surface area contributed by atoms with E-state index in [2.05, 4.69) is 5.32 Å². The maximum atomic E-state index is 13.3. The van der Waals surface area contributed by atoms with E-state index in [1.165, 1.54) is 12.1 Å². The fourth-order valence-corrected chi connectivity index (χ4v) is 3.92. The van der Waals surface area contributed by atoms with Gasteiger partial charge in [0.2, 0.25) is 5.91 Å². The number of carbonyl (C=O) groups is 2. The maximum Gasteiger partial charge on any atom is 0.340 e. The molecule has 4 rings (SSSR count). The van der Waals surface area contributed by atoms with Crippen molar-refractivity contribution in [1.29, 1.82) is 0 Å². The molecule has 1 amide bonds. The number of rotatable bonds is 7. The molecule has 7 nitrogen and oxygen atoms in total. The minimum Gasteiger partial charge on any atom is -0.480 e. The highest BCUT2D eigenvalue weighted by molar-refractivity contribution is 6.02. The first-order chi connectivity index (χ1) is 15.8. The molecule has 0 radical (unpaired) electrons. The van der Waals surface area contributed by atoms with Crippen LogP contribution in [0, 0.1) is 12.7 Å².